The minimum Gasteiger partial charge on any atom is -0.412 e. The fraction of sp³-hybridized carbons (Fsp3) is 0.100. The largest absolute Gasteiger partial charge is 0.412 e. The van der Waals surface area contributed by atoms with E-state index in [1.807, 2.05) is 30.3 Å². The van der Waals surface area contributed by atoms with Crippen LogP contribution in [-0.2, 0) is 0 Å². The molecule has 0 atom stereocenters. The molecule has 4 N–H and O–H groups in total. The van der Waals surface area contributed by atoms with E-state index in [2.05, 4.69) is 4.99 Å². The lowest BCUT2D eigenvalue weighted by atomic mass is 10.2. The molecule has 5 heteroatoms. The number of amidine groups is 1. The van der Waals surface area contributed by atoms with E-state index in [0.717, 1.165) is 5.56 Å². The number of hydrogen-bond acceptors (Lipinski definition) is 1. The molecule has 0 saturated carbocycles. The van der Waals surface area contributed by atoms with E-state index in [-0.39, 0.29) is 17.9 Å². The van der Waals surface area contributed by atoms with Crippen molar-refractivity contribution in [3.8, 4) is 0 Å². The lowest BCUT2D eigenvalue weighted by Gasteiger charge is -1.94. The summed E-state index contributed by atoms with van der Waals surface area (Å²) < 4.78 is 0. The van der Waals surface area contributed by atoms with Gasteiger partial charge in [-0.1, -0.05) is 29.8 Å². The van der Waals surface area contributed by atoms with Crippen molar-refractivity contribution in [1.29, 1.82) is 0 Å². The Labute approximate surface area is 100 Å². The van der Waals surface area contributed by atoms with Gasteiger partial charge >= 0.3 is 0 Å². The van der Waals surface area contributed by atoms with E-state index in [1.165, 1.54) is 0 Å². The highest BCUT2D eigenvalue weighted by Crippen LogP contribution is 2.15. The Morgan fingerprint density at radius 1 is 1.40 bits per heavy atom. The standard InChI is InChI=1S/C10H11ClN2.ClH.H2O/c1-8(12)13-7-6-9-4-2-3-5-10(9)11;;/h2-7H,1H3,(H2,12,13);1H;1H2. The van der Waals surface area contributed by atoms with Gasteiger partial charge < -0.3 is 11.2 Å². The Kier molecular flexibility index (Phi) is 9.07. The molecule has 84 valence electrons. The second-order valence-electron chi connectivity index (χ2n) is 2.61. The molecule has 0 saturated heterocycles. The summed E-state index contributed by atoms with van der Waals surface area (Å²) in [5.74, 6) is 0.531. The van der Waals surface area contributed by atoms with Crippen LogP contribution in [-0.4, -0.2) is 11.3 Å². The molecule has 0 heterocycles. The lowest BCUT2D eigenvalue weighted by Crippen LogP contribution is -2.03. The first kappa shape index (κ1) is 16.4. The van der Waals surface area contributed by atoms with Crippen LogP contribution in [0.3, 0.4) is 0 Å². The lowest BCUT2D eigenvalue weighted by molar-refractivity contribution is 0.824. The van der Waals surface area contributed by atoms with Crippen LogP contribution >= 0.6 is 24.0 Å². The van der Waals surface area contributed by atoms with Crippen LogP contribution in [0.25, 0.3) is 6.08 Å². The van der Waals surface area contributed by atoms with Crippen LogP contribution in [0.5, 0.6) is 0 Å². The van der Waals surface area contributed by atoms with Crippen LogP contribution in [0, 0.1) is 0 Å². The smallest absolute Gasteiger partial charge is 0.0957 e. The maximum absolute atomic E-state index is 5.91. The Morgan fingerprint density at radius 3 is 2.53 bits per heavy atom. The van der Waals surface area contributed by atoms with Crippen LogP contribution in [0.15, 0.2) is 35.5 Å². The zero-order chi connectivity index (χ0) is 9.68. The summed E-state index contributed by atoms with van der Waals surface area (Å²) in [4.78, 5) is 3.92. The molecule has 0 aliphatic carbocycles. The number of nitrogens with zero attached hydrogens (tertiary/aromatic N) is 1. The molecule has 1 rings (SSSR count). The fourth-order valence-electron chi connectivity index (χ4n) is 0.845. The second kappa shape index (κ2) is 8.29. The van der Waals surface area contributed by atoms with Crippen molar-refractivity contribution in [3.05, 3.63) is 41.1 Å². The minimum absolute atomic E-state index is 0. The Morgan fingerprint density at radius 2 is 2.00 bits per heavy atom. The summed E-state index contributed by atoms with van der Waals surface area (Å²) in [6, 6.07) is 7.56. The first-order chi connectivity index (χ1) is 6.20. The quantitative estimate of drug-likeness (QED) is 0.634. The van der Waals surface area contributed by atoms with E-state index in [1.54, 1.807) is 13.1 Å². The average Bonchev–Trinajstić information content (AvgIpc) is 2.08. The molecule has 0 radical (unpaired) electrons. The normalized spacial score (nSPS) is 10.7. The fourth-order valence-corrected chi connectivity index (χ4v) is 1.04. The third-order valence-corrected chi connectivity index (χ3v) is 1.78. The molecule has 0 spiro atoms. The zero-order valence-corrected chi connectivity index (χ0v) is 9.85. The molecule has 0 fully saturated rings. The molecule has 0 aliphatic heterocycles. The third-order valence-electron chi connectivity index (χ3n) is 1.44. The van der Waals surface area contributed by atoms with Crippen LogP contribution in [0.2, 0.25) is 5.02 Å². The number of nitrogens with two attached hydrogens (primary N) is 1. The first-order valence-corrected chi connectivity index (χ1v) is 4.29. The molecule has 0 aromatic heterocycles. The predicted molar refractivity (Wildman–Crippen MR) is 68.6 cm³/mol. The van der Waals surface area contributed by atoms with E-state index in [0.29, 0.717) is 10.9 Å². The van der Waals surface area contributed by atoms with Crippen molar-refractivity contribution < 1.29 is 5.48 Å². The maximum Gasteiger partial charge on any atom is 0.0957 e. The van der Waals surface area contributed by atoms with Gasteiger partial charge in [0.25, 0.3) is 0 Å². The highest BCUT2D eigenvalue weighted by atomic mass is 35.5. The monoisotopic (exact) mass is 248 g/mol. The minimum atomic E-state index is 0. The summed E-state index contributed by atoms with van der Waals surface area (Å²) in [5.41, 5.74) is 6.30. The Balaban J connectivity index is 0. The number of rotatable bonds is 2. The van der Waals surface area contributed by atoms with Gasteiger partial charge in [-0.3, -0.25) is 0 Å². The summed E-state index contributed by atoms with van der Waals surface area (Å²) in [5, 5.41) is 0.712. The molecular formula is C10H14Cl2N2O. The van der Waals surface area contributed by atoms with E-state index in [9.17, 15) is 0 Å². The van der Waals surface area contributed by atoms with Gasteiger partial charge in [0.05, 0.1) is 5.84 Å². The zero-order valence-electron chi connectivity index (χ0n) is 8.27. The molecule has 0 aliphatic rings. The van der Waals surface area contributed by atoms with Crippen LogP contribution < -0.4 is 5.73 Å². The van der Waals surface area contributed by atoms with Crippen molar-refractivity contribution in [1.82, 2.24) is 0 Å². The van der Waals surface area contributed by atoms with Crippen molar-refractivity contribution >= 4 is 35.9 Å². The van der Waals surface area contributed by atoms with E-state index >= 15 is 0 Å². The molecule has 0 amide bonds. The molecule has 0 unspecified atom stereocenters. The summed E-state index contributed by atoms with van der Waals surface area (Å²) in [6.07, 6.45) is 3.45. The van der Waals surface area contributed by atoms with E-state index in [4.69, 9.17) is 17.3 Å². The van der Waals surface area contributed by atoms with Gasteiger partial charge in [0, 0.05) is 11.2 Å². The van der Waals surface area contributed by atoms with Crippen LogP contribution in [0.1, 0.15) is 12.5 Å². The van der Waals surface area contributed by atoms with Gasteiger partial charge in [-0.2, -0.15) is 0 Å². The Bertz CT molecular complexity index is 347. The predicted octanol–water partition coefficient (Wildman–Crippen LogP) is 2.28. The van der Waals surface area contributed by atoms with Crippen LogP contribution in [0.4, 0.5) is 0 Å². The average molecular weight is 249 g/mol. The topological polar surface area (TPSA) is 69.9 Å². The van der Waals surface area contributed by atoms with Crippen molar-refractivity contribution in [3.63, 3.8) is 0 Å². The second-order valence-corrected chi connectivity index (χ2v) is 3.01. The number of hydrogen-bond donors (Lipinski definition) is 1. The third kappa shape index (κ3) is 6.12. The molecule has 1 aromatic carbocycles. The van der Waals surface area contributed by atoms with Gasteiger partial charge in [-0.05, 0) is 24.6 Å². The van der Waals surface area contributed by atoms with Crippen molar-refractivity contribution in [2.75, 3.05) is 0 Å². The van der Waals surface area contributed by atoms with Gasteiger partial charge in [0.2, 0.25) is 0 Å². The molecule has 1 aromatic rings. The molecule has 15 heavy (non-hydrogen) atoms. The number of halogens is 2. The van der Waals surface area contributed by atoms with Crippen molar-refractivity contribution in [2.24, 2.45) is 10.7 Å². The first-order valence-electron chi connectivity index (χ1n) is 3.91. The SMILES string of the molecule is CC(N)=NC=Cc1ccccc1Cl.Cl.O. The molecule has 0 bridgehead atoms. The van der Waals surface area contributed by atoms with E-state index < -0.39 is 0 Å². The maximum atomic E-state index is 5.91. The highest BCUT2D eigenvalue weighted by Gasteiger charge is 1.91. The number of aliphatic imine (C=N–C) groups is 1. The summed E-state index contributed by atoms with van der Waals surface area (Å²) in [7, 11) is 0. The molecular weight excluding hydrogens is 235 g/mol. The molecule has 3 nitrogen and oxygen atoms in total. The number of benzene rings is 1. The summed E-state index contributed by atoms with van der Waals surface area (Å²) >= 11 is 5.91. The van der Waals surface area contributed by atoms with Gasteiger partial charge in [0.1, 0.15) is 0 Å². The van der Waals surface area contributed by atoms with Crippen molar-refractivity contribution in [2.45, 2.75) is 6.92 Å². The summed E-state index contributed by atoms with van der Waals surface area (Å²) in [6.45, 7) is 1.73. The van der Waals surface area contributed by atoms with Gasteiger partial charge in [-0.25, -0.2) is 4.99 Å². The highest BCUT2D eigenvalue weighted by molar-refractivity contribution is 6.32. The van der Waals surface area contributed by atoms with Gasteiger partial charge in [0.15, 0.2) is 0 Å². The van der Waals surface area contributed by atoms with Gasteiger partial charge in [-0.15, -0.1) is 12.4 Å². The Hall–Kier alpha value is -1.03.